The first-order valence-electron chi connectivity index (χ1n) is 6.64. The Labute approximate surface area is 113 Å². The van der Waals surface area contributed by atoms with Crippen molar-refractivity contribution in [3.8, 4) is 6.07 Å². The van der Waals surface area contributed by atoms with Gasteiger partial charge in [-0.05, 0) is 30.5 Å². The van der Waals surface area contributed by atoms with Gasteiger partial charge in [0.05, 0.1) is 18.2 Å². The minimum atomic E-state index is -0.906. The normalized spacial score (nSPS) is 15.6. The fourth-order valence-electron chi connectivity index (χ4n) is 2.66. The van der Waals surface area contributed by atoms with Gasteiger partial charge in [0.15, 0.2) is 0 Å². The number of hydrogen-bond acceptors (Lipinski definition) is 3. The van der Waals surface area contributed by atoms with E-state index in [-0.39, 0.29) is 0 Å². The summed E-state index contributed by atoms with van der Waals surface area (Å²) in [7, 11) is 0. The van der Waals surface area contributed by atoms with Gasteiger partial charge in [0.1, 0.15) is 0 Å². The summed E-state index contributed by atoms with van der Waals surface area (Å²) in [6.07, 6.45) is 4.80. The third-order valence-electron chi connectivity index (χ3n) is 3.70. The van der Waals surface area contributed by atoms with E-state index in [0.717, 1.165) is 24.9 Å². The van der Waals surface area contributed by atoms with Crippen LogP contribution in [0.15, 0.2) is 24.3 Å². The molecule has 1 aromatic rings. The van der Waals surface area contributed by atoms with Crippen molar-refractivity contribution in [1.82, 2.24) is 4.90 Å². The Kier molecular flexibility index (Phi) is 4.53. The van der Waals surface area contributed by atoms with Crippen LogP contribution in [0.1, 0.15) is 41.6 Å². The van der Waals surface area contributed by atoms with E-state index in [9.17, 15) is 4.79 Å². The van der Waals surface area contributed by atoms with Gasteiger partial charge < -0.3 is 5.11 Å². The number of carbonyl (C=O) groups is 1. The van der Waals surface area contributed by atoms with Crippen molar-refractivity contribution in [2.45, 2.75) is 38.3 Å². The molecule has 0 radical (unpaired) electrons. The summed E-state index contributed by atoms with van der Waals surface area (Å²) in [6.45, 7) is 1.16. The Hall–Kier alpha value is -1.86. The Morgan fingerprint density at radius 1 is 1.32 bits per heavy atom. The molecule has 0 bridgehead atoms. The van der Waals surface area contributed by atoms with Crippen molar-refractivity contribution in [2.24, 2.45) is 0 Å². The molecule has 0 saturated heterocycles. The molecule has 4 nitrogen and oxygen atoms in total. The van der Waals surface area contributed by atoms with Crippen LogP contribution >= 0.6 is 0 Å². The molecule has 100 valence electrons. The molecule has 0 aliphatic heterocycles. The van der Waals surface area contributed by atoms with Gasteiger partial charge >= 0.3 is 5.97 Å². The number of carboxylic acid groups (broad SMARTS) is 1. The molecule has 1 fully saturated rings. The highest BCUT2D eigenvalue weighted by atomic mass is 16.4. The van der Waals surface area contributed by atoms with Gasteiger partial charge in [-0.1, -0.05) is 25.0 Å². The number of nitrogens with zero attached hydrogens (tertiary/aromatic N) is 2. The average Bonchev–Trinajstić information content (AvgIpc) is 2.92. The summed E-state index contributed by atoms with van der Waals surface area (Å²) in [5.74, 6) is -0.906. The zero-order valence-electron chi connectivity index (χ0n) is 10.9. The molecule has 4 heteroatoms. The molecular formula is C15H18N2O2. The monoisotopic (exact) mass is 258 g/mol. The van der Waals surface area contributed by atoms with E-state index in [1.165, 1.54) is 12.8 Å². The molecule has 1 saturated carbocycles. The molecule has 0 unspecified atom stereocenters. The van der Waals surface area contributed by atoms with Crippen LogP contribution < -0.4 is 0 Å². The van der Waals surface area contributed by atoms with Crippen molar-refractivity contribution in [1.29, 1.82) is 5.26 Å². The molecule has 0 spiro atoms. The molecule has 1 aliphatic rings. The summed E-state index contributed by atoms with van der Waals surface area (Å²) >= 11 is 0. The van der Waals surface area contributed by atoms with Gasteiger partial charge in [-0.25, -0.2) is 4.79 Å². The van der Waals surface area contributed by atoms with Crippen LogP contribution in [0.3, 0.4) is 0 Å². The molecule has 2 rings (SSSR count). The molecule has 0 heterocycles. The van der Waals surface area contributed by atoms with Gasteiger partial charge in [-0.3, -0.25) is 4.90 Å². The molecular weight excluding hydrogens is 240 g/mol. The standard InChI is InChI=1S/C15H18N2O2/c16-9-10-17(14-3-1-2-4-14)11-12-5-7-13(8-6-12)15(18)19/h5-8,14H,1-4,10-11H2,(H,18,19). The Morgan fingerprint density at radius 2 is 1.95 bits per heavy atom. The minimum Gasteiger partial charge on any atom is -0.478 e. The van der Waals surface area contributed by atoms with E-state index in [2.05, 4.69) is 11.0 Å². The minimum absolute atomic E-state index is 0.302. The smallest absolute Gasteiger partial charge is 0.335 e. The van der Waals surface area contributed by atoms with Crippen LogP contribution in [0.2, 0.25) is 0 Å². The second-order valence-corrected chi connectivity index (χ2v) is 5.00. The number of hydrogen-bond donors (Lipinski definition) is 1. The molecule has 19 heavy (non-hydrogen) atoms. The lowest BCUT2D eigenvalue weighted by atomic mass is 10.1. The van der Waals surface area contributed by atoms with E-state index in [1.54, 1.807) is 12.1 Å². The van der Waals surface area contributed by atoms with Crippen LogP contribution in [-0.4, -0.2) is 28.6 Å². The summed E-state index contributed by atoms with van der Waals surface area (Å²) in [5.41, 5.74) is 1.36. The number of rotatable bonds is 5. The fourth-order valence-corrected chi connectivity index (χ4v) is 2.66. The van der Waals surface area contributed by atoms with Gasteiger partial charge in [-0.2, -0.15) is 5.26 Å². The van der Waals surface area contributed by atoms with Crippen molar-refractivity contribution < 1.29 is 9.90 Å². The zero-order valence-corrected chi connectivity index (χ0v) is 10.9. The quantitative estimate of drug-likeness (QED) is 0.825. The topological polar surface area (TPSA) is 64.3 Å². The maximum atomic E-state index is 10.8. The van der Waals surface area contributed by atoms with Crippen molar-refractivity contribution in [3.63, 3.8) is 0 Å². The third-order valence-corrected chi connectivity index (χ3v) is 3.70. The van der Waals surface area contributed by atoms with Crippen LogP contribution in [-0.2, 0) is 6.54 Å². The predicted molar refractivity (Wildman–Crippen MR) is 71.7 cm³/mol. The first-order chi connectivity index (χ1) is 9.20. The first-order valence-corrected chi connectivity index (χ1v) is 6.64. The van der Waals surface area contributed by atoms with Crippen LogP contribution in [0, 0.1) is 11.3 Å². The lowest BCUT2D eigenvalue weighted by molar-refractivity contribution is 0.0697. The van der Waals surface area contributed by atoms with Crippen LogP contribution in [0.5, 0.6) is 0 Å². The molecule has 0 amide bonds. The number of benzene rings is 1. The van der Waals surface area contributed by atoms with Crippen molar-refractivity contribution >= 4 is 5.97 Å². The molecule has 1 aromatic carbocycles. The predicted octanol–water partition coefficient (Wildman–Crippen LogP) is 2.65. The summed E-state index contributed by atoms with van der Waals surface area (Å²) < 4.78 is 0. The van der Waals surface area contributed by atoms with Crippen molar-refractivity contribution in [2.75, 3.05) is 6.54 Å². The van der Waals surface area contributed by atoms with Crippen LogP contribution in [0.25, 0.3) is 0 Å². The van der Waals surface area contributed by atoms with E-state index in [1.807, 2.05) is 12.1 Å². The number of carboxylic acids is 1. The van der Waals surface area contributed by atoms with Gasteiger partial charge in [0.25, 0.3) is 0 Å². The van der Waals surface area contributed by atoms with Gasteiger partial charge in [0, 0.05) is 12.6 Å². The highest BCUT2D eigenvalue weighted by molar-refractivity contribution is 5.87. The molecule has 1 N–H and O–H groups in total. The maximum absolute atomic E-state index is 10.8. The average molecular weight is 258 g/mol. The Morgan fingerprint density at radius 3 is 2.47 bits per heavy atom. The Balaban J connectivity index is 2.04. The number of nitriles is 1. The fraction of sp³-hybridized carbons (Fsp3) is 0.467. The van der Waals surface area contributed by atoms with Crippen LogP contribution in [0.4, 0.5) is 0 Å². The number of aromatic carboxylic acids is 1. The largest absolute Gasteiger partial charge is 0.478 e. The van der Waals surface area contributed by atoms with E-state index in [4.69, 9.17) is 10.4 Å². The summed E-state index contributed by atoms with van der Waals surface area (Å²) in [5, 5.41) is 17.8. The van der Waals surface area contributed by atoms with Crippen molar-refractivity contribution in [3.05, 3.63) is 35.4 Å². The van der Waals surface area contributed by atoms with Gasteiger partial charge in [-0.15, -0.1) is 0 Å². The second-order valence-electron chi connectivity index (χ2n) is 5.00. The molecule has 0 aromatic heterocycles. The lowest BCUT2D eigenvalue weighted by Gasteiger charge is -2.26. The molecule has 0 atom stereocenters. The summed E-state index contributed by atoms with van der Waals surface area (Å²) in [4.78, 5) is 13.0. The summed E-state index contributed by atoms with van der Waals surface area (Å²) in [6, 6.07) is 9.64. The zero-order chi connectivity index (χ0) is 13.7. The Bertz CT molecular complexity index is 470. The SMILES string of the molecule is N#CCN(Cc1ccc(C(=O)O)cc1)C1CCCC1. The second kappa shape index (κ2) is 6.35. The first kappa shape index (κ1) is 13.6. The van der Waals surface area contributed by atoms with E-state index < -0.39 is 5.97 Å². The van der Waals surface area contributed by atoms with E-state index >= 15 is 0 Å². The lowest BCUT2D eigenvalue weighted by Crippen LogP contribution is -2.33. The molecule has 1 aliphatic carbocycles. The highest BCUT2D eigenvalue weighted by Crippen LogP contribution is 2.24. The highest BCUT2D eigenvalue weighted by Gasteiger charge is 2.22. The third kappa shape index (κ3) is 3.55. The maximum Gasteiger partial charge on any atom is 0.335 e. The van der Waals surface area contributed by atoms with Gasteiger partial charge in [0.2, 0.25) is 0 Å². The van der Waals surface area contributed by atoms with E-state index in [0.29, 0.717) is 18.2 Å².